The second-order valence-corrected chi connectivity index (χ2v) is 10.2. The fraction of sp³-hybridized carbons (Fsp3) is 0.862. The third kappa shape index (κ3) is 20.7. The molecule has 0 bridgehead atoms. The Morgan fingerprint density at radius 1 is 0.595 bits per heavy atom. The van der Waals surface area contributed by atoms with Gasteiger partial charge in [0, 0.05) is 6.42 Å². The fourth-order valence-corrected chi connectivity index (χ4v) is 4.20. The van der Waals surface area contributed by atoms with Crippen molar-refractivity contribution in [1.29, 1.82) is 0 Å². The van der Waals surface area contributed by atoms with E-state index in [-0.39, 0.29) is 13.0 Å². The van der Waals surface area contributed by atoms with Crippen LogP contribution in [0.15, 0.2) is 0 Å². The van der Waals surface area contributed by atoms with Crippen molar-refractivity contribution >= 4 is 23.9 Å². The minimum atomic E-state index is -2.57. The predicted octanol–water partition coefficient (Wildman–Crippen LogP) is 6.65. The lowest BCUT2D eigenvalue weighted by Crippen LogP contribution is -2.44. The first kappa shape index (κ1) is 35.0. The van der Waals surface area contributed by atoms with Crippen LogP contribution in [-0.2, 0) is 28.7 Å². The molecule has 0 aromatic rings. The number of carbonyl (C=O) groups excluding carboxylic acids is 3. The maximum Gasteiger partial charge on any atom is 0.339 e. The van der Waals surface area contributed by atoms with Gasteiger partial charge in [-0.05, 0) is 12.8 Å². The van der Waals surface area contributed by atoms with Gasteiger partial charge in [-0.25, -0.2) is 4.79 Å². The molecule has 0 aliphatic carbocycles. The number of hydrogen-bond donors (Lipinski definition) is 2. The largest absolute Gasteiger partial charge is 0.481 e. The van der Waals surface area contributed by atoms with Crippen molar-refractivity contribution in [2.45, 2.75) is 154 Å². The molecule has 8 nitrogen and oxygen atoms in total. The van der Waals surface area contributed by atoms with Gasteiger partial charge in [0.25, 0.3) is 0 Å². The topological polar surface area (TPSA) is 127 Å². The first-order valence-electron chi connectivity index (χ1n) is 14.6. The van der Waals surface area contributed by atoms with Crippen LogP contribution >= 0.6 is 0 Å². The second kappa shape index (κ2) is 23.2. The zero-order chi connectivity index (χ0) is 27.8. The van der Waals surface area contributed by atoms with Crippen molar-refractivity contribution in [3.05, 3.63) is 0 Å². The molecule has 0 saturated carbocycles. The third-order valence-corrected chi connectivity index (χ3v) is 6.45. The number of ether oxygens (including phenoxy) is 2. The van der Waals surface area contributed by atoms with Gasteiger partial charge < -0.3 is 19.7 Å². The zero-order valence-electron chi connectivity index (χ0n) is 23.4. The summed E-state index contributed by atoms with van der Waals surface area (Å²) in [7, 11) is 0. The number of carboxylic acids is 1. The summed E-state index contributed by atoms with van der Waals surface area (Å²) in [6.07, 6.45) is 17.8. The van der Waals surface area contributed by atoms with E-state index in [1.807, 2.05) is 0 Å². The molecule has 0 aromatic carbocycles. The van der Waals surface area contributed by atoms with E-state index in [4.69, 9.17) is 9.84 Å². The molecule has 0 saturated heterocycles. The monoisotopic (exact) mass is 528 g/mol. The van der Waals surface area contributed by atoms with Crippen molar-refractivity contribution in [2.24, 2.45) is 0 Å². The third-order valence-electron chi connectivity index (χ3n) is 6.45. The quantitative estimate of drug-likeness (QED) is 0.0766. The van der Waals surface area contributed by atoms with Crippen molar-refractivity contribution in [2.75, 3.05) is 6.61 Å². The molecule has 0 aliphatic heterocycles. The van der Waals surface area contributed by atoms with Gasteiger partial charge in [-0.15, -0.1) is 0 Å². The van der Waals surface area contributed by atoms with Gasteiger partial charge in [0.05, 0.1) is 19.4 Å². The van der Waals surface area contributed by atoms with E-state index in [2.05, 4.69) is 18.6 Å². The Kier molecular flexibility index (Phi) is 22.0. The maximum absolute atomic E-state index is 12.4. The number of aliphatic carboxylic acids is 1. The van der Waals surface area contributed by atoms with Crippen LogP contribution in [0.5, 0.6) is 0 Å². The lowest BCUT2D eigenvalue weighted by molar-refractivity contribution is -0.178. The van der Waals surface area contributed by atoms with Crippen LogP contribution in [-0.4, -0.2) is 46.3 Å². The van der Waals surface area contributed by atoms with Crippen LogP contribution in [0.3, 0.4) is 0 Å². The second-order valence-electron chi connectivity index (χ2n) is 10.2. The van der Waals surface area contributed by atoms with Crippen molar-refractivity contribution in [3.63, 3.8) is 0 Å². The van der Waals surface area contributed by atoms with Crippen LogP contribution < -0.4 is 0 Å². The Hall–Kier alpha value is -1.96. The molecule has 0 amide bonds. The normalized spacial score (nSPS) is 12.6. The molecule has 0 rings (SSSR count). The van der Waals surface area contributed by atoms with Gasteiger partial charge in [-0.3, -0.25) is 14.4 Å². The SMILES string of the molecule is CCCCCCCCCCCCCCCOC(=O)C(O)(CC(=O)O)CC(=O)OC(=O)CCCCCCC. The van der Waals surface area contributed by atoms with Crippen LogP contribution in [0.1, 0.15) is 149 Å². The van der Waals surface area contributed by atoms with Crippen LogP contribution in [0, 0.1) is 0 Å². The number of carboxylic acid groups (broad SMARTS) is 1. The van der Waals surface area contributed by atoms with Gasteiger partial charge in [0.2, 0.25) is 0 Å². The minimum Gasteiger partial charge on any atom is -0.481 e. The average Bonchev–Trinajstić information content (AvgIpc) is 2.83. The van der Waals surface area contributed by atoms with E-state index in [1.54, 1.807) is 0 Å². The number of carbonyl (C=O) groups is 4. The molecule has 0 aliphatic rings. The summed E-state index contributed by atoms with van der Waals surface area (Å²) >= 11 is 0. The molecule has 1 unspecified atom stereocenters. The predicted molar refractivity (Wildman–Crippen MR) is 143 cm³/mol. The molecule has 37 heavy (non-hydrogen) atoms. The van der Waals surface area contributed by atoms with E-state index < -0.39 is 42.3 Å². The summed E-state index contributed by atoms with van der Waals surface area (Å²) in [5.41, 5.74) is -2.57. The smallest absolute Gasteiger partial charge is 0.339 e. The fourth-order valence-electron chi connectivity index (χ4n) is 4.20. The summed E-state index contributed by atoms with van der Waals surface area (Å²) in [6, 6.07) is 0. The average molecular weight is 529 g/mol. The summed E-state index contributed by atoms with van der Waals surface area (Å²) in [4.78, 5) is 47.5. The van der Waals surface area contributed by atoms with E-state index in [1.165, 1.54) is 57.8 Å². The van der Waals surface area contributed by atoms with Gasteiger partial charge in [-0.1, -0.05) is 117 Å². The number of esters is 3. The first-order valence-corrected chi connectivity index (χ1v) is 14.6. The van der Waals surface area contributed by atoms with Crippen molar-refractivity contribution < 1.29 is 38.9 Å². The molecule has 0 fully saturated rings. The first-order chi connectivity index (χ1) is 17.7. The Bertz CT molecular complexity index is 633. The minimum absolute atomic E-state index is 0.0320. The van der Waals surface area contributed by atoms with Crippen LogP contribution in [0.4, 0.5) is 0 Å². The molecular formula is C29H52O8. The molecule has 0 spiro atoms. The summed E-state index contributed by atoms with van der Waals surface area (Å²) in [5.74, 6) is -4.53. The molecule has 8 heteroatoms. The lowest BCUT2D eigenvalue weighted by Gasteiger charge is -2.23. The highest BCUT2D eigenvalue weighted by Gasteiger charge is 2.43. The van der Waals surface area contributed by atoms with Gasteiger partial charge >= 0.3 is 23.9 Å². The Morgan fingerprint density at radius 3 is 1.49 bits per heavy atom. The van der Waals surface area contributed by atoms with Crippen molar-refractivity contribution in [1.82, 2.24) is 0 Å². The Balaban J connectivity index is 4.14. The van der Waals surface area contributed by atoms with Crippen LogP contribution in [0.25, 0.3) is 0 Å². The van der Waals surface area contributed by atoms with Crippen LogP contribution in [0.2, 0.25) is 0 Å². The number of rotatable bonds is 25. The Morgan fingerprint density at radius 2 is 1.03 bits per heavy atom. The standard InChI is InChI=1S/C29H52O8/c1-3-5-7-9-10-11-12-13-14-15-16-18-20-22-36-28(34)29(35,23-25(30)31)24-27(33)37-26(32)21-19-17-8-6-4-2/h35H,3-24H2,1-2H3,(H,30,31). The molecule has 2 N–H and O–H groups in total. The zero-order valence-corrected chi connectivity index (χ0v) is 23.4. The van der Waals surface area contributed by atoms with Crippen molar-refractivity contribution in [3.8, 4) is 0 Å². The number of hydrogen-bond acceptors (Lipinski definition) is 7. The van der Waals surface area contributed by atoms with E-state index >= 15 is 0 Å². The summed E-state index contributed by atoms with van der Waals surface area (Å²) in [5, 5.41) is 19.6. The molecule has 1 atom stereocenters. The summed E-state index contributed by atoms with van der Waals surface area (Å²) < 4.78 is 9.74. The highest BCUT2D eigenvalue weighted by atomic mass is 16.6. The highest BCUT2D eigenvalue weighted by Crippen LogP contribution is 2.20. The lowest BCUT2D eigenvalue weighted by atomic mass is 9.95. The molecule has 216 valence electrons. The van der Waals surface area contributed by atoms with E-state index in [9.17, 15) is 24.3 Å². The molecular weight excluding hydrogens is 476 g/mol. The Labute approximate surface area is 223 Å². The molecule has 0 heterocycles. The summed E-state index contributed by atoms with van der Waals surface area (Å²) in [6.45, 7) is 4.34. The van der Waals surface area contributed by atoms with E-state index in [0.717, 1.165) is 44.9 Å². The molecule has 0 radical (unpaired) electrons. The van der Waals surface area contributed by atoms with Gasteiger partial charge in [-0.2, -0.15) is 0 Å². The molecule has 0 aromatic heterocycles. The maximum atomic E-state index is 12.4. The number of unbranched alkanes of at least 4 members (excludes halogenated alkanes) is 16. The van der Waals surface area contributed by atoms with E-state index in [0.29, 0.717) is 12.8 Å². The highest BCUT2D eigenvalue weighted by molar-refractivity contribution is 5.92. The number of aliphatic hydroxyl groups is 1. The van der Waals surface area contributed by atoms with Gasteiger partial charge in [0.15, 0.2) is 5.60 Å². The van der Waals surface area contributed by atoms with Gasteiger partial charge in [0.1, 0.15) is 0 Å².